The number of ether oxygens (including phenoxy) is 1. The maximum absolute atomic E-state index is 12.5. The summed E-state index contributed by atoms with van der Waals surface area (Å²) in [7, 11) is -4.09. The summed E-state index contributed by atoms with van der Waals surface area (Å²) in [6.45, 7) is 2.00. The number of hydrogen-bond acceptors (Lipinski definition) is 7. The molecule has 0 aliphatic rings. The summed E-state index contributed by atoms with van der Waals surface area (Å²) in [5.41, 5.74) is 5.79. The van der Waals surface area contributed by atoms with Gasteiger partial charge in [-0.15, -0.1) is 0 Å². The first-order valence-electron chi connectivity index (χ1n) is 6.75. The van der Waals surface area contributed by atoms with Gasteiger partial charge in [0.2, 0.25) is 0 Å². The fourth-order valence-corrected chi connectivity index (χ4v) is 3.18. The number of nitrogens with zero attached hydrogens (tertiary/aromatic N) is 2. The van der Waals surface area contributed by atoms with Crippen LogP contribution in [0.2, 0.25) is 0 Å². The fraction of sp³-hybridized carbons (Fsp3) is 0.385. The van der Waals surface area contributed by atoms with Gasteiger partial charge in [-0.25, -0.2) is 8.42 Å². The first-order chi connectivity index (χ1) is 10.5. The highest BCUT2D eigenvalue weighted by Gasteiger charge is 2.35. The topological polar surface area (TPSA) is 122 Å². The molecule has 1 atom stereocenters. The lowest BCUT2D eigenvalue weighted by atomic mass is 10.2. The Kier molecular flexibility index (Phi) is 4.99. The van der Waals surface area contributed by atoms with E-state index < -0.39 is 14.9 Å². The smallest absolute Gasteiger partial charge is 0.415 e. The van der Waals surface area contributed by atoms with Crippen LogP contribution < -0.4 is 15.4 Å². The van der Waals surface area contributed by atoms with Gasteiger partial charge < -0.3 is 15.7 Å². The molecule has 0 aliphatic carbocycles. The minimum atomic E-state index is -4.09. The lowest BCUT2D eigenvalue weighted by Crippen LogP contribution is -2.32. The second-order valence-corrected chi connectivity index (χ2v) is 6.58. The Labute approximate surface area is 127 Å². The van der Waals surface area contributed by atoms with Crippen molar-refractivity contribution in [3.63, 3.8) is 0 Å². The van der Waals surface area contributed by atoms with E-state index in [1.165, 1.54) is 12.1 Å². The number of rotatable bonds is 7. The van der Waals surface area contributed by atoms with E-state index in [4.69, 9.17) is 10.5 Å². The van der Waals surface area contributed by atoms with Crippen LogP contribution in [0.3, 0.4) is 0 Å². The predicted octanol–water partition coefficient (Wildman–Crippen LogP) is 0.647. The standard InChI is InChI=1S/C13H17N3O5S/c1-2-6-10(14)9-20-12-13(16(17)21-15-12)22(18,19)11-7-4-3-5-8-11/h3-5,7-8,10H,2,6,9,14H2,1H3. The van der Waals surface area contributed by atoms with E-state index in [1.54, 1.807) is 18.2 Å². The largest absolute Gasteiger partial charge is 0.453 e. The molecular weight excluding hydrogens is 310 g/mol. The molecule has 0 saturated heterocycles. The van der Waals surface area contributed by atoms with Crippen LogP contribution in [-0.4, -0.2) is 26.2 Å². The van der Waals surface area contributed by atoms with Crippen LogP contribution in [0, 0.1) is 5.21 Å². The van der Waals surface area contributed by atoms with E-state index in [2.05, 4.69) is 9.79 Å². The zero-order chi connectivity index (χ0) is 16.2. The van der Waals surface area contributed by atoms with Crippen molar-refractivity contribution >= 4 is 9.84 Å². The van der Waals surface area contributed by atoms with Crippen molar-refractivity contribution in [3.8, 4) is 5.88 Å². The van der Waals surface area contributed by atoms with Crippen molar-refractivity contribution in [1.82, 2.24) is 5.16 Å². The zero-order valence-corrected chi connectivity index (χ0v) is 12.8. The van der Waals surface area contributed by atoms with E-state index in [0.29, 0.717) is 6.42 Å². The Morgan fingerprint density at radius 3 is 2.73 bits per heavy atom. The zero-order valence-electron chi connectivity index (χ0n) is 12.0. The number of hydrogen-bond donors (Lipinski definition) is 1. The third-order valence-corrected chi connectivity index (χ3v) is 4.67. The van der Waals surface area contributed by atoms with Crippen molar-refractivity contribution in [3.05, 3.63) is 35.5 Å². The SMILES string of the molecule is CCCC(N)COc1no[n+]([O-])c1S(=O)(=O)c1ccccc1. The lowest BCUT2D eigenvalue weighted by Gasteiger charge is -2.09. The Hall–Kier alpha value is -2.13. The van der Waals surface area contributed by atoms with Gasteiger partial charge in [0.1, 0.15) is 6.61 Å². The summed E-state index contributed by atoms with van der Waals surface area (Å²) in [5.74, 6) is -0.384. The van der Waals surface area contributed by atoms with Gasteiger partial charge in [-0.2, -0.15) is 0 Å². The van der Waals surface area contributed by atoms with Crippen LogP contribution in [0.4, 0.5) is 0 Å². The van der Waals surface area contributed by atoms with E-state index in [-0.39, 0.29) is 28.3 Å². The maximum Gasteiger partial charge on any atom is 0.415 e. The maximum atomic E-state index is 12.5. The Morgan fingerprint density at radius 1 is 1.41 bits per heavy atom. The first kappa shape index (κ1) is 16.2. The van der Waals surface area contributed by atoms with Gasteiger partial charge in [-0.05, 0) is 23.5 Å². The molecule has 1 aromatic carbocycles. The van der Waals surface area contributed by atoms with Gasteiger partial charge in [-0.3, -0.25) is 4.63 Å². The number of benzene rings is 1. The molecule has 2 N–H and O–H groups in total. The summed E-state index contributed by atoms with van der Waals surface area (Å²) in [4.78, 5) is -0.228. The fourth-order valence-electron chi connectivity index (χ4n) is 1.88. The molecule has 8 nitrogen and oxygen atoms in total. The molecule has 120 valence electrons. The highest BCUT2D eigenvalue weighted by molar-refractivity contribution is 7.91. The van der Waals surface area contributed by atoms with Gasteiger partial charge in [0.25, 0.3) is 9.84 Å². The van der Waals surface area contributed by atoms with Crippen molar-refractivity contribution in [2.24, 2.45) is 5.73 Å². The average molecular weight is 327 g/mol. The Morgan fingerprint density at radius 2 is 2.09 bits per heavy atom. The van der Waals surface area contributed by atoms with Crippen molar-refractivity contribution in [2.75, 3.05) is 6.61 Å². The van der Waals surface area contributed by atoms with Crippen LogP contribution in [0.25, 0.3) is 0 Å². The van der Waals surface area contributed by atoms with Crippen LogP contribution in [0.1, 0.15) is 19.8 Å². The molecule has 0 saturated carbocycles. The van der Waals surface area contributed by atoms with Gasteiger partial charge in [0.05, 0.1) is 10.1 Å². The first-order valence-corrected chi connectivity index (χ1v) is 8.23. The Bertz CT molecular complexity index is 715. The second-order valence-electron chi connectivity index (χ2n) is 4.72. The highest BCUT2D eigenvalue weighted by Crippen LogP contribution is 2.24. The quantitative estimate of drug-likeness (QED) is 0.740. The minimum absolute atomic E-state index is 0.0394. The number of nitrogens with two attached hydrogens (primary N) is 1. The van der Waals surface area contributed by atoms with Crippen LogP contribution in [0.5, 0.6) is 5.88 Å². The van der Waals surface area contributed by atoms with E-state index >= 15 is 0 Å². The molecular formula is C13H17N3O5S. The third-order valence-electron chi connectivity index (χ3n) is 2.95. The number of sulfone groups is 1. The monoisotopic (exact) mass is 327 g/mol. The van der Waals surface area contributed by atoms with Gasteiger partial charge in [0, 0.05) is 6.04 Å². The molecule has 2 aromatic rings. The summed E-state index contributed by atoms with van der Waals surface area (Å²) < 4.78 is 34.6. The van der Waals surface area contributed by atoms with Crippen LogP contribution in [0.15, 0.2) is 44.9 Å². The van der Waals surface area contributed by atoms with E-state index in [1.807, 2.05) is 6.92 Å². The molecule has 2 rings (SSSR count). The molecule has 0 fully saturated rings. The second kappa shape index (κ2) is 6.75. The highest BCUT2D eigenvalue weighted by atomic mass is 32.2. The van der Waals surface area contributed by atoms with Crippen molar-refractivity contribution in [1.29, 1.82) is 0 Å². The molecule has 1 unspecified atom stereocenters. The summed E-state index contributed by atoms with van der Waals surface area (Å²) >= 11 is 0. The third kappa shape index (κ3) is 3.37. The summed E-state index contributed by atoms with van der Waals surface area (Å²) in [5, 5.41) is 14.3. The lowest BCUT2D eigenvalue weighted by molar-refractivity contribution is -0.832. The molecule has 0 spiro atoms. The van der Waals surface area contributed by atoms with E-state index in [0.717, 1.165) is 6.42 Å². The van der Waals surface area contributed by atoms with E-state index in [9.17, 15) is 13.6 Å². The minimum Gasteiger partial charge on any atom is -0.453 e. The molecule has 1 heterocycles. The molecule has 1 aromatic heterocycles. The normalized spacial score (nSPS) is 13.0. The molecule has 0 bridgehead atoms. The van der Waals surface area contributed by atoms with Gasteiger partial charge in [0.15, 0.2) is 0 Å². The molecule has 0 radical (unpaired) electrons. The summed E-state index contributed by atoms with van der Waals surface area (Å²) in [6.07, 6.45) is 1.57. The van der Waals surface area contributed by atoms with Crippen LogP contribution in [-0.2, 0) is 9.84 Å². The van der Waals surface area contributed by atoms with Crippen molar-refractivity contribution in [2.45, 2.75) is 35.7 Å². The number of aromatic nitrogens is 2. The molecule has 9 heteroatoms. The predicted molar refractivity (Wildman–Crippen MR) is 75.7 cm³/mol. The Balaban J connectivity index is 2.30. The van der Waals surface area contributed by atoms with Gasteiger partial charge in [-0.1, -0.05) is 31.5 Å². The molecule has 0 aliphatic heterocycles. The van der Waals surface area contributed by atoms with Crippen molar-refractivity contribution < 1.29 is 22.7 Å². The molecule has 0 amide bonds. The van der Waals surface area contributed by atoms with Crippen LogP contribution >= 0.6 is 0 Å². The molecule has 22 heavy (non-hydrogen) atoms. The summed E-state index contributed by atoms with van der Waals surface area (Å²) in [6, 6.07) is 7.22. The van der Waals surface area contributed by atoms with Gasteiger partial charge >= 0.3 is 10.9 Å². The average Bonchev–Trinajstić information content (AvgIpc) is 2.88.